The van der Waals surface area contributed by atoms with E-state index < -0.39 is 0 Å². The number of hydrogen-bond donors (Lipinski definition) is 1. The molecule has 0 aromatic carbocycles. The van der Waals surface area contributed by atoms with Crippen LogP contribution >= 0.6 is 11.3 Å². The lowest BCUT2D eigenvalue weighted by atomic mass is 9.97. The summed E-state index contributed by atoms with van der Waals surface area (Å²) >= 11 is 1.63. The summed E-state index contributed by atoms with van der Waals surface area (Å²) in [6, 6.07) is 0. The van der Waals surface area contributed by atoms with Crippen molar-refractivity contribution in [3.05, 3.63) is 10.8 Å². The second-order valence-corrected chi connectivity index (χ2v) is 5.70. The van der Waals surface area contributed by atoms with E-state index in [4.69, 9.17) is 10.5 Å². The van der Waals surface area contributed by atoms with Crippen molar-refractivity contribution in [2.45, 2.75) is 31.8 Å². The van der Waals surface area contributed by atoms with E-state index in [-0.39, 0.29) is 0 Å². The monoisotopic (exact) mass is 267 g/mol. The molecule has 1 fully saturated rings. The van der Waals surface area contributed by atoms with Crippen LogP contribution < -0.4 is 5.73 Å². The van der Waals surface area contributed by atoms with E-state index in [9.17, 15) is 0 Å². The summed E-state index contributed by atoms with van der Waals surface area (Å²) in [4.78, 5) is 0.847. The van der Waals surface area contributed by atoms with Crippen molar-refractivity contribution in [3.8, 4) is 0 Å². The van der Waals surface area contributed by atoms with E-state index in [2.05, 4.69) is 15.3 Å². The summed E-state index contributed by atoms with van der Waals surface area (Å²) in [5.74, 6) is 1.83. The largest absolute Gasteiger partial charge is 0.377 e. The van der Waals surface area contributed by atoms with Crippen molar-refractivity contribution in [1.82, 2.24) is 19.8 Å². The lowest BCUT2D eigenvalue weighted by Crippen LogP contribution is -2.17. The van der Waals surface area contributed by atoms with Crippen LogP contribution in [0.5, 0.6) is 0 Å². The fraction of sp³-hybridized carbons (Fsp3) is 0.727. The molecule has 0 aliphatic heterocycles. The Bertz CT molecular complexity index is 537. The van der Waals surface area contributed by atoms with Gasteiger partial charge in [0.15, 0.2) is 5.82 Å². The minimum absolute atomic E-state index is 0.440. The number of nitrogens with zero attached hydrogens (tertiary/aromatic N) is 4. The number of nitrogens with two attached hydrogens (primary N) is 1. The number of aromatic nitrogens is 4. The normalized spacial score (nSPS) is 24.1. The van der Waals surface area contributed by atoms with Crippen molar-refractivity contribution in [2.24, 2.45) is 11.7 Å². The first kappa shape index (κ1) is 12.0. The van der Waals surface area contributed by atoms with Gasteiger partial charge < -0.3 is 10.5 Å². The molecule has 0 spiro atoms. The van der Waals surface area contributed by atoms with Gasteiger partial charge in [-0.05, 0) is 25.3 Å². The highest BCUT2D eigenvalue weighted by Gasteiger charge is 2.30. The highest BCUT2D eigenvalue weighted by molar-refractivity contribution is 7.16. The third kappa shape index (κ3) is 1.92. The molecule has 2 heterocycles. The van der Waals surface area contributed by atoms with Gasteiger partial charge in [-0.3, -0.25) is 0 Å². The summed E-state index contributed by atoms with van der Waals surface area (Å²) < 4.78 is 6.89. The Kier molecular flexibility index (Phi) is 3.27. The Morgan fingerprint density at radius 2 is 2.33 bits per heavy atom. The molecule has 98 valence electrons. The highest BCUT2D eigenvalue weighted by atomic mass is 32.1. The van der Waals surface area contributed by atoms with Gasteiger partial charge in [-0.2, -0.15) is 9.61 Å². The van der Waals surface area contributed by atoms with Gasteiger partial charge in [0.2, 0.25) is 4.96 Å². The minimum atomic E-state index is 0.440. The second kappa shape index (κ2) is 4.91. The van der Waals surface area contributed by atoms with Crippen molar-refractivity contribution >= 4 is 16.3 Å². The molecule has 6 nitrogen and oxygen atoms in total. The molecule has 2 unspecified atom stereocenters. The SMILES string of the molecule is COCc1nnc2sc(C3CCCC3CN)nn12. The summed E-state index contributed by atoms with van der Waals surface area (Å²) in [6.45, 7) is 1.19. The number of hydrogen-bond acceptors (Lipinski definition) is 6. The van der Waals surface area contributed by atoms with Gasteiger partial charge in [0.25, 0.3) is 0 Å². The van der Waals surface area contributed by atoms with Crippen molar-refractivity contribution in [1.29, 1.82) is 0 Å². The molecule has 18 heavy (non-hydrogen) atoms. The summed E-state index contributed by atoms with van der Waals surface area (Å²) in [6.07, 6.45) is 3.65. The maximum Gasteiger partial charge on any atom is 0.234 e. The first-order valence-electron chi connectivity index (χ1n) is 6.23. The average molecular weight is 267 g/mol. The Morgan fingerprint density at radius 1 is 1.44 bits per heavy atom. The van der Waals surface area contributed by atoms with E-state index in [1.54, 1.807) is 23.0 Å². The van der Waals surface area contributed by atoms with Crippen LogP contribution in [0.3, 0.4) is 0 Å². The molecule has 2 aromatic heterocycles. The molecular formula is C11H17N5OS. The maximum atomic E-state index is 5.83. The third-order valence-electron chi connectivity index (χ3n) is 3.62. The molecule has 2 atom stereocenters. The summed E-state index contributed by atoms with van der Waals surface area (Å²) in [5.41, 5.74) is 5.83. The summed E-state index contributed by atoms with van der Waals surface area (Å²) in [5, 5.41) is 14.0. The molecule has 1 aliphatic carbocycles. The highest BCUT2D eigenvalue weighted by Crippen LogP contribution is 2.40. The van der Waals surface area contributed by atoms with Crippen LogP contribution in [0.1, 0.15) is 36.0 Å². The topological polar surface area (TPSA) is 78.3 Å². The molecule has 0 saturated heterocycles. The fourth-order valence-corrected chi connectivity index (χ4v) is 3.77. The molecule has 2 aromatic rings. The lowest BCUT2D eigenvalue weighted by Gasteiger charge is -2.13. The second-order valence-electron chi connectivity index (χ2n) is 4.72. The van der Waals surface area contributed by atoms with Crippen LogP contribution in [0.2, 0.25) is 0 Å². The van der Waals surface area contributed by atoms with Gasteiger partial charge >= 0.3 is 0 Å². The van der Waals surface area contributed by atoms with Crippen molar-refractivity contribution in [2.75, 3.05) is 13.7 Å². The number of fused-ring (bicyclic) bond motifs is 1. The van der Waals surface area contributed by atoms with Crippen LogP contribution in [0.4, 0.5) is 0 Å². The van der Waals surface area contributed by atoms with E-state index in [1.165, 1.54) is 19.3 Å². The van der Waals surface area contributed by atoms with Crippen LogP contribution in [0.25, 0.3) is 4.96 Å². The Hall–Kier alpha value is -1.05. The maximum absolute atomic E-state index is 5.83. The number of ether oxygens (including phenoxy) is 1. The van der Waals surface area contributed by atoms with Gasteiger partial charge in [-0.25, -0.2) is 0 Å². The molecular weight excluding hydrogens is 250 g/mol. The van der Waals surface area contributed by atoms with Crippen molar-refractivity contribution < 1.29 is 4.74 Å². The molecule has 0 radical (unpaired) electrons. The Balaban J connectivity index is 1.93. The Morgan fingerprint density at radius 3 is 3.11 bits per heavy atom. The van der Waals surface area contributed by atoms with Gasteiger partial charge in [0.05, 0.1) is 0 Å². The molecule has 7 heteroatoms. The standard InChI is InChI=1S/C11H17N5OS/c1-17-6-9-13-14-11-16(9)15-10(18-11)8-4-2-3-7(8)5-12/h7-8H,2-6,12H2,1H3. The zero-order valence-corrected chi connectivity index (χ0v) is 11.2. The third-order valence-corrected chi connectivity index (χ3v) is 4.65. The van der Waals surface area contributed by atoms with E-state index in [0.29, 0.717) is 18.4 Å². The van der Waals surface area contributed by atoms with Gasteiger partial charge in [-0.15, -0.1) is 10.2 Å². The fourth-order valence-electron chi connectivity index (χ4n) is 2.69. The van der Waals surface area contributed by atoms with Crippen LogP contribution in [0, 0.1) is 5.92 Å². The van der Waals surface area contributed by atoms with Crippen LogP contribution in [0.15, 0.2) is 0 Å². The first-order valence-corrected chi connectivity index (χ1v) is 7.05. The van der Waals surface area contributed by atoms with E-state index >= 15 is 0 Å². The smallest absolute Gasteiger partial charge is 0.234 e. The predicted molar refractivity (Wildman–Crippen MR) is 68.5 cm³/mol. The number of methoxy groups -OCH3 is 1. The molecule has 1 aliphatic rings. The minimum Gasteiger partial charge on any atom is -0.377 e. The lowest BCUT2D eigenvalue weighted by molar-refractivity contribution is 0.176. The average Bonchev–Trinajstić information content (AvgIpc) is 3.04. The Labute approximate surface area is 109 Å². The van der Waals surface area contributed by atoms with Gasteiger partial charge in [-0.1, -0.05) is 17.8 Å². The zero-order valence-electron chi connectivity index (χ0n) is 10.4. The quantitative estimate of drug-likeness (QED) is 0.899. The zero-order chi connectivity index (χ0) is 12.5. The molecule has 1 saturated carbocycles. The molecule has 2 N–H and O–H groups in total. The molecule has 3 rings (SSSR count). The number of rotatable bonds is 4. The van der Waals surface area contributed by atoms with Crippen molar-refractivity contribution in [3.63, 3.8) is 0 Å². The van der Waals surface area contributed by atoms with E-state index in [0.717, 1.165) is 22.3 Å². The molecule has 0 amide bonds. The van der Waals surface area contributed by atoms with E-state index in [1.807, 2.05) is 0 Å². The molecule has 0 bridgehead atoms. The van der Waals surface area contributed by atoms with Gasteiger partial charge in [0.1, 0.15) is 11.6 Å². The summed E-state index contributed by atoms with van der Waals surface area (Å²) in [7, 11) is 1.65. The predicted octanol–water partition coefficient (Wildman–Crippen LogP) is 1.17. The van der Waals surface area contributed by atoms with Gasteiger partial charge in [0, 0.05) is 13.0 Å². The first-order chi connectivity index (χ1) is 8.83. The van der Waals surface area contributed by atoms with Crippen LogP contribution in [-0.2, 0) is 11.3 Å². The van der Waals surface area contributed by atoms with Crippen LogP contribution in [-0.4, -0.2) is 33.5 Å².